The van der Waals surface area contributed by atoms with Gasteiger partial charge in [0.2, 0.25) is 0 Å². The number of amides is 1. The van der Waals surface area contributed by atoms with Crippen LogP contribution in [0.3, 0.4) is 0 Å². The average Bonchev–Trinajstić information content (AvgIpc) is 2.34. The summed E-state index contributed by atoms with van der Waals surface area (Å²) >= 11 is 0. The number of rotatable bonds is 5. The zero-order chi connectivity index (χ0) is 13.5. The van der Waals surface area contributed by atoms with Gasteiger partial charge in [0, 0.05) is 5.56 Å². The molecule has 0 aliphatic heterocycles. The van der Waals surface area contributed by atoms with Gasteiger partial charge in [-0.25, -0.2) is 0 Å². The molecule has 0 aliphatic carbocycles. The quantitative estimate of drug-likeness (QED) is 0.636. The highest BCUT2D eigenvalue weighted by atomic mass is 16.5. The lowest BCUT2D eigenvalue weighted by molar-refractivity contribution is -0.114. The first-order chi connectivity index (χ1) is 8.54. The van der Waals surface area contributed by atoms with Crippen molar-refractivity contribution in [1.29, 1.82) is 5.26 Å². The van der Waals surface area contributed by atoms with E-state index in [1.807, 2.05) is 26.0 Å². The van der Waals surface area contributed by atoms with Gasteiger partial charge in [0.25, 0.3) is 5.91 Å². The number of carbonyl (C=O) groups is 1. The molecule has 2 N–H and O–H groups in total. The van der Waals surface area contributed by atoms with Crippen molar-refractivity contribution in [3.8, 4) is 11.8 Å². The van der Waals surface area contributed by atoms with Crippen LogP contribution in [0.1, 0.15) is 19.4 Å². The van der Waals surface area contributed by atoms with E-state index in [2.05, 4.69) is 0 Å². The summed E-state index contributed by atoms with van der Waals surface area (Å²) < 4.78 is 5.62. The number of ether oxygens (including phenoxy) is 1. The van der Waals surface area contributed by atoms with Gasteiger partial charge < -0.3 is 10.5 Å². The summed E-state index contributed by atoms with van der Waals surface area (Å²) in [7, 11) is 0. The number of hydrogen-bond acceptors (Lipinski definition) is 3. The highest BCUT2D eigenvalue weighted by Gasteiger charge is 2.07. The molecule has 0 saturated heterocycles. The van der Waals surface area contributed by atoms with Crippen molar-refractivity contribution in [2.45, 2.75) is 13.8 Å². The van der Waals surface area contributed by atoms with Crippen molar-refractivity contribution in [3.63, 3.8) is 0 Å². The van der Waals surface area contributed by atoms with Gasteiger partial charge in [0.1, 0.15) is 17.4 Å². The number of carbonyl (C=O) groups excluding carboxylic acids is 1. The predicted octanol–water partition coefficient (Wildman–Crippen LogP) is 2.11. The standard InChI is InChI=1S/C14H16N2O2/c1-10(2)9-18-13-6-4-3-5-11(13)7-12(8-15)14(16)17/h3-7,10H,9H2,1-2H3,(H2,16,17)/b12-7+. The molecule has 4 nitrogen and oxygen atoms in total. The molecule has 1 rings (SSSR count). The van der Waals surface area contributed by atoms with E-state index in [1.54, 1.807) is 18.2 Å². The fourth-order valence-corrected chi connectivity index (χ4v) is 1.30. The lowest BCUT2D eigenvalue weighted by Gasteiger charge is -2.11. The first kappa shape index (κ1) is 13.8. The zero-order valence-corrected chi connectivity index (χ0v) is 10.5. The number of para-hydroxylation sites is 1. The minimum atomic E-state index is -0.740. The molecule has 0 bridgehead atoms. The SMILES string of the molecule is CC(C)COc1ccccc1/C=C(\C#N)C(N)=O. The van der Waals surface area contributed by atoms with E-state index in [0.717, 1.165) is 0 Å². The summed E-state index contributed by atoms with van der Waals surface area (Å²) in [5, 5.41) is 8.81. The molecule has 0 heterocycles. The van der Waals surface area contributed by atoms with Crippen LogP contribution >= 0.6 is 0 Å². The third-order valence-electron chi connectivity index (χ3n) is 2.18. The van der Waals surface area contributed by atoms with E-state index in [0.29, 0.717) is 23.8 Å². The van der Waals surface area contributed by atoms with E-state index in [-0.39, 0.29) is 5.57 Å². The largest absolute Gasteiger partial charge is 0.493 e. The Morgan fingerprint density at radius 3 is 2.72 bits per heavy atom. The first-order valence-electron chi connectivity index (χ1n) is 5.68. The minimum absolute atomic E-state index is 0.0874. The fraction of sp³-hybridized carbons (Fsp3) is 0.286. The maximum atomic E-state index is 11.0. The van der Waals surface area contributed by atoms with Crippen LogP contribution < -0.4 is 10.5 Å². The summed E-state index contributed by atoms with van der Waals surface area (Å²) in [6, 6.07) is 8.99. The second-order valence-corrected chi connectivity index (χ2v) is 4.28. The van der Waals surface area contributed by atoms with E-state index in [9.17, 15) is 4.79 Å². The first-order valence-corrected chi connectivity index (χ1v) is 5.68. The Morgan fingerprint density at radius 1 is 1.50 bits per heavy atom. The van der Waals surface area contributed by atoms with Gasteiger partial charge in [-0.15, -0.1) is 0 Å². The lowest BCUT2D eigenvalue weighted by Crippen LogP contribution is -2.12. The number of benzene rings is 1. The maximum absolute atomic E-state index is 11.0. The zero-order valence-electron chi connectivity index (χ0n) is 10.5. The summed E-state index contributed by atoms with van der Waals surface area (Å²) in [6.07, 6.45) is 1.44. The van der Waals surface area contributed by atoms with Crippen LogP contribution in [0, 0.1) is 17.2 Å². The molecule has 0 unspecified atom stereocenters. The summed E-state index contributed by atoms with van der Waals surface area (Å²) in [5.74, 6) is 0.296. The molecule has 18 heavy (non-hydrogen) atoms. The molecule has 0 fully saturated rings. The molecule has 0 radical (unpaired) electrons. The van der Waals surface area contributed by atoms with Crippen LogP contribution in [0.15, 0.2) is 29.8 Å². The predicted molar refractivity (Wildman–Crippen MR) is 69.6 cm³/mol. The fourth-order valence-electron chi connectivity index (χ4n) is 1.30. The molecule has 0 saturated carbocycles. The molecule has 4 heteroatoms. The Morgan fingerprint density at radius 2 is 2.17 bits per heavy atom. The molecule has 1 aromatic rings. The van der Waals surface area contributed by atoms with Gasteiger partial charge in [-0.3, -0.25) is 4.79 Å². The topological polar surface area (TPSA) is 76.1 Å². The van der Waals surface area contributed by atoms with Crippen molar-refractivity contribution in [3.05, 3.63) is 35.4 Å². The van der Waals surface area contributed by atoms with Gasteiger partial charge in [-0.05, 0) is 18.1 Å². The molecule has 94 valence electrons. The number of nitrogens with two attached hydrogens (primary N) is 1. The smallest absolute Gasteiger partial charge is 0.259 e. The van der Waals surface area contributed by atoms with Crippen LogP contribution in [0.5, 0.6) is 5.75 Å². The molecule has 0 atom stereocenters. The monoisotopic (exact) mass is 244 g/mol. The van der Waals surface area contributed by atoms with Crippen LogP contribution in [-0.2, 0) is 4.79 Å². The summed E-state index contributed by atoms with van der Waals surface area (Å²) in [4.78, 5) is 11.0. The van der Waals surface area contributed by atoms with Crippen LogP contribution in [0.2, 0.25) is 0 Å². The van der Waals surface area contributed by atoms with Crippen molar-refractivity contribution >= 4 is 12.0 Å². The molecular weight excluding hydrogens is 228 g/mol. The number of nitriles is 1. The van der Waals surface area contributed by atoms with E-state index >= 15 is 0 Å². The number of nitrogens with zero attached hydrogens (tertiary/aromatic N) is 1. The second kappa shape index (κ2) is 6.45. The van der Waals surface area contributed by atoms with Gasteiger partial charge in [-0.1, -0.05) is 32.0 Å². The van der Waals surface area contributed by atoms with E-state index < -0.39 is 5.91 Å². The Balaban J connectivity index is 3.02. The van der Waals surface area contributed by atoms with Gasteiger partial charge >= 0.3 is 0 Å². The van der Waals surface area contributed by atoms with Crippen molar-refractivity contribution in [1.82, 2.24) is 0 Å². The molecule has 1 amide bonds. The molecular formula is C14H16N2O2. The Bertz CT molecular complexity index is 499. The minimum Gasteiger partial charge on any atom is -0.493 e. The van der Waals surface area contributed by atoms with Crippen LogP contribution in [-0.4, -0.2) is 12.5 Å². The van der Waals surface area contributed by atoms with Crippen molar-refractivity contribution in [2.75, 3.05) is 6.61 Å². The van der Waals surface area contributed by atoms with E-state index in [1.165, 1.54) is 6.08 Å². The van der Waals surface area contributed by atoms with Gasteiger partial charge in [-0.2, -0.15) is 5.26 Å². The Kier molecular flexibility index (Phi) is 4.94. The summed E-state index contributed by atoms with van der Waals surface area (Å²) in [5.41, 5.74) is 5.68. The third kappa shape index (κ3) is 3.95. The Hall–Kier alpha value is -2.28. The normalized spacial score (nSPS) is 11.1. The van der Waals surface area contributed by atoms with Crippen LogP contribution in [0.25, 0.3) is 6.08 Å². The van der Waals surface area contributed by atoms with Gasteiger partial charge in [0.15, 0.2) is 0 Å². The van der Waals surface area contributed by atoms with Crippen molar-refractivity contribution in [2.24, 2.45) is 11.7 Å². The highest BCUT2D eigenvalue weighted by Crippen LogP contribution is 2.21. The lowest BCUT2D eigenvalue weighted by atomic mass is 10.1. The molecule has 1 aromatic carbocycles. The average molecular weight is 244 g/mol. The summed E-state index contributed by atoms with van der Waals surface area (Å²) in [6.45, 7) is 4.66. The van der Waals surface area contributed by atoms with Crippen molar-refractivity contribution < 1.29 is 9.53 Å². The Labute approximate surface area is 107 Å². The highest BCUT2D eigenvalue weighted by molar-refractivity contribution is 6.00. The number of hydrogen-bond donors (Lipinski definition) is 1. The molecule has 0 aliphatic rings. The molecule has 0 aromatic heterocycles. The second-order valence-electron chi connectivity index (χ2n) is 4.28. The maximum Gasteiger partial charge on any atom is 0.259 e. The number of primary amides is 1. The van der Waals surface area contributed by atoms with Gasteiger partial charge in [0.05, 0.1) is 6.61 Å². The van der Waals surface area contributed by atoms with Crippen LogP contribution in [0.4, 0.5) is 0 Å². The third-order valence-corrected chi connectivity index (χ3v) is 2.18. The van der Waals surface area contributed by atoms with E-state index in [4.69, 9.17) is 15.7 Å². The molecule has 0 spiro atoms.